The van der Waals surface area contributed by atoms with Crippen LogP contribution in [0.25, 0.3) is 0 Å². The largest absolute Gasteiger partial charge is 0.443 e. The van der Waals surface area contributed by atoms with Crippen LogP contribution in [0.1, 0.15) is 38.5 Å². The van der Waals surface area contributed by atoms with Gasteiger partial charge in [0.2, 0.25) is 0 Å². The van der Waals surface area contributed by atoms with Gasteiger partial charge in [-0.3, -0.25) is 0 Å². The molecule has 0 heterocycles. The monoisotopic (exact) mass is 234 g/mol. The zero-order valence-electron chi connectivity index (χ0n) is 9.95. The first-order valence-corrected chi connectivity index (χ1v) is 6.53. The Labute approximate surface area is 101 Å². The van der Waals surface area contributed by atoms with Crippen LogP contribution >= 0.6 is 0 Å². The lowest BCUT2D eigenvalue weighted by Gasteiger charge is -2.55. The van der Waals surface area contributed by atoms with Gasteiger partial charge in [0.25, 0.3) is 0 Å². The fourth-order valence-electron chi connectivity index (χ4n) is 4.50. The van der Waals surface area contributed by atoms with Gasteiger partial charge in [-0.2, -0.15) is 5.26 Å². The van der Waals surface area contributed by atoms with Crippen LogP contribution in [0.15, 0.2) is 0 Å². The molecule has 0 aromatic rings. The average Bonchev–Trinajstić information content (AvgIpc) is 2.23. The lowest BCUT2D eigenvalue weighted by Crippen LogP contribution is -2.53. The van der Waals surface area contributed by atoms with E-state index in [-0.39, 0.29) is 12.1 Å². The number of carbonyl (C=O) groups is 1. The molecule has 4 aliphatic rings. The van der Waals surface area contributed by atoms with E-state index in [9.17, 15) is 4.79 Å². The predicted octanol–water partition coefficient (Wildman–Crippen LogP) is 2.20. The van der Waals surface area contributed by atoms with Gasteiger partial charge in [0.1, 0.15) is 12.1 Å². The van der Waals surface area contributed by atoms with Gasteiger partial charge in [-0.05, 0) is 56.3 Å². The molecule has 4 heteroatoms. The Morgan fingerprint density at radius 2 is 1.76 bits per heavy atom. The second-order valence-electron chi connectivity index (χ2n) is 6.00. The third-order valence-electron chi connectivity index (χ3n) is 4.60. The minimum atomic E-state index is -0.409. The number of ether oxygens (including phenoxy) is 1. The highest BCUT2D eigenvalue weighted by Crippen LogP contribution is 2.57. The van der Waals surface area contributed by atoms with Gasteiger partial charge >= 0.3 is 6.09 Å². The van der Waals surface area contributed by atoms with Crippen LogP contribution in [-0.4, -0.2) is 18.2 Å². The molecule has 0 saturated heterocycles. The first-order valence-electron chi connectivity index (χ1n) is 6.53. The lowest BCUT2D eigenvalue weighted by atomic mass is 9.54. The topological polar surface area (TPSA) is 62.1 Å². The molecular formula is C13H18N2O2. The summed E-state index contributed by atoms with van der Waals surface area (Å²) < 4.78 is 5.65. The molecule has 0 aromatic heterocycles. The highest BCUT2D eigenvalue weighted by Gasteiger charge is 2.53. The molecule has 4 nitrogen and oxygen atoms in total. The van der Waals surface area contributed by atoms with Gasteiger partial charge in [-0.25, -0.2) is 4.79 Å². The van der Waals surface area contributed by atoms with E-state index in [0.717, 1.165) is 37.0 Å². The van der Waals surface area contributed by atoms with E-state index >= 15 is 0 Å². The van der Waals surface area contributed by atoms with Crippen molar-refractivity contribution in [2.45, 2.75) is 44.1 Å². The van der Waals surface area contributed by atoms with Gasteiger partial charge in [0.15, 0.2) is 0 Å². The van der Waals surface area contributed by atoms with Crippen molar-refractivity contribution in [2.75, 3.05) is 6.54 Å². The fraction of sp³-hybridized carbons (Fsp3) is 0.846. The molecule has 0 radical (unpaired) electrons. The van der Waals surface area contributed by atoms with Crippen LogP contribution in [0.5, 0.6) is 0 Å². The number of amides is 1. The van der Waals surface area contributed by atoms with Crippen LogP contribution in [0.3, 0.4) is 0 Å². The summed E-state index contributed by atoms with van der Waals surface area (Å²) in [5.74, 6) is 2.31. The summed E-state index contributed by atoms with van der Waals surface area (Å²) >= 11 is 0. The van der Waals surface area contributed by atoms with Crippen molar-refractivity contribution in [3.63, 3.8) is 0 Å². The molecule has 4 fully saturated rings. The molecule has 4 aliphatic carbocycles. The Bertz CT molecular complexity index is 337. The van der Waals surface area contributed by atoms with Crippen molar-refractivity contribution in [3.8, 4) is 6.07 Å². The second kappa shape index (κ2) is 3.90. The highest BCUT2D eigenvalue weighted by atomic mass is 16.6. The highest BCUT2D eigenvalue weighted by molar-refractivity contribution is 5.68. The molecule has 0 spiro atoms. The van der Waals surface area contributed by atoms with Gasteiger partial charge in [-0.15, -0.1) is 0 Å². The van der Waals surface area contributed by atoms with Gasteiger partial charge < -0.3 is 10.1 Å². The third-order valence-corrected chi connectivity index (χ3v) is 4.60. The first-order chi connectivity index (χ1) is 8.19. The lowest BCUT2D eigenvalue weighted by molar-refractivity contribution is -0.127. The normalized spacial score (nSPS) is 41.9. The Morgan fingerprint density at radius 1 is 1.24 bits per heavy atom. The molecule has 17 heavy (non-hydrogen) atoms. The van der Waals surface area contributed by atoms with Crippen molar-refractivity contribution < 1.29 is 9.53 Å². The van der Waals surface area contributed by atoms with Crippen molar-refractivity contribution in [3.05, 3.63) is 0 Å². The van der Waals surface area contributed by atoms with Gasteiger partial charge in [-0.1, -0.05) is 0 Å². The third kappa shape index (κ3) is 1.99. The Hall–Kier alpha value is -1.24. The summed E-state index contributed by atoms with van der Waals surface area (Å²) in [5.41, 5.74) is -0.200. The van der Waals surface area contributed by atoms with Crippen LogP contribution in [0, 0.1) is 29.1 Å². The quantitative estimate of drug-likeness (QED) is 0.745. The number of nitriles is 1. The number of hydrogen-bond donors (Lipinski definition) is 1. The summed E-state index contributed by atoms with van der Waals surface area (Å²) in [4.78, 5) is 11.6. The average molecular weight is 234 g/mol. The minimum absolute atomic E-state index is 0.0329. The fourth-order valence-corrected chi connectivity index (χ4v) is 4.50. The van der Waals surface area contributed by atoms with Crippen LogP contribution in [0.4, 0.5) is 4.79 Å². The Kier molecular flexibility index (Phi) is 2.50. The van der Waals surface area contributed by atoms with Crippen molar-refractivity contribution in [1.29, 1.82) is 5.26 Å². The van der Waals surface area contributed by atoms with E-state index in [0.29, 0.717) is 0 Å². The van der Waals surface area contributed by atoms with E-state index in [4.69, 9.17) is 10.00 Å². The summed E-state index contributed by atoms with van der Waals surface area (Å²) in [5, 5.41) is 10.9. The zero-order valence-corrected chi connectivity index (χ0v) is 9.95. The standard InChI is InChI=1S/C13H18N2O2/c14-1-2-15-12(16)17-13-6-9-3-10(7-13)5-11(4-9)8-13/h9-11H,2-8H2,(H,15,16). The number of rotatable bonds is 2. The Morgan fingerprint density at radius 3 is 2.24 bits per heavy atom. The molecule has 0 atom stereocenters. The Balaban J connectivity index is 1.66. The summed E-state index contributed by atoms with van der Waals surface area (Å²) in [7, 11) is 0. The molecule has 92 valence electrons. The summed E-state index contributed by atoms with van der Waals surface area (Å²) in [6.07, 6.45) is 6.72. The number of hydrogen-bond acceptors (Lipinski definition) is 3. The van der Waals surface area contributed by atoms with Crippen molar-refractivity contribution in [2.24, 2.45) is 17.8 Å². The molecule has 1 N–H and O–H groups in total. The maximum absolute atomic E-state index is 11.6. The van der Waals surface area contributed by atoms with Crippen LogP contribution < -0.4 is 5.32 Å². The zero-order chi connectivity index (χ0) is 11.9. The van der Waals surface area contributed by atoms with Gasteiger partial charge in [0, 0.05) is 0 Å². The molecule has 4 bridgehead atoms. The van der Waals surface area contributed by atoms with E-state index in [2.05, 4.69) is 5.32 Å². The van der Waals surface area contributed by atoms with Gasteiger partial charge in [0.05, 0.1) is 6.07 Å². The summed E-state index contributed by atoms with van der Waals surface area (Å²) in [6.45, 7) is 0.0329. The van der Waals surface area contributed by atoms with Crippen molar-refractivity contribution >= 4 is 6.09 Å². The van der Waals surface area contributed by atoms with E-state index in [1.807, 2.05) is 6.07 Å². The maximum Gasteiger partial charge on any atom is 0.408 e. The minimum Gasteiger partial charge on any atom is -0.443 e. The number of nitrogens with zero attached hydrogens (tertiary/aromatic N) is 1. The molecule has 4 saturated carbocycles. The molecular weight excluding hydrogens is 216 g/mol. The number of alkyl carbamates (subject to hydrolysis) is 1. The van der Waals surface area contributed by atoms with E-state index in [1.165, 1.54) is 19.3 Å². The molecule has 0 aliphatic heterocycles. The second-order valence-corrected chi connectivity index (χ2v) is 6.00. The SMILES string of the molecule is N#CCNC(=O)OC12CC3CC(CC(C3)C1)C2. The molecule has 1 amide bonds. The predicted molar refractivity (Wildman–Crippen MR) is 61.0 cm³/mol. The van der Waals surface area contributed by atoms with Crippen molar-refractivity contribution in [1.82, 2.24) is 5.32 Å². The molecule has 0 aromatic carbocycles. The van der Waals surface area contributed by atoms with Crippen LogP contribution in [-0.2, 0) is 4.74 Å². The first kappa shape index (κ1) is 10.9. The van der Waals surface area contributed by atoms with E-state index in [1.54, 1.807) is 0 Å². The smallest absolute Gasteiger partial charge is 0.408 e. The maximum atomic E-state index is 11.6. The van der Waals surface area contributed by atoms with E-state index < -0.39 is 6.09 Å². The molecule has 0 unspecified atom stereocenters. The summed E-state index contributed by atoms with van der Waals surface area (Å²) in [6, 6.07) is 1.89. The number of carbonyl (C=O) groups excluding carboxylic acids is 1. The molecule has 4 rings (SSSR count). The number of nitrogens with one attached hydrogen (secondary N) is 1. The van der Waals surface area contributed by atoms with Crippen LogP contribution in [0.2, 0.25) is 0 Å².